The molecule has 0 radical (unpaired) electrons. The van der Waals surface area contributed by atoms with Gasteiger partial charge in [0, 0.05) is 10.8 Å². The van der Waals surface area contributed by atoms with Crippen LogP contribution in [-0.4, -0.2) is 35.5 Å². The Kier molecular flexibility index (Phi) is 6.49. The molecule has 2 aromatic rings. The lowest BCUT2D eigenvalue weighted by atomic mass is 10.1. The van der Waals surface area contributed by atoms with Crippen LogP contribution in [-0.2, 0) is 11.2 Å². The molecule has 7 heteroatoms. The van der Waals surface area contributed by atoms with Crippen molar-refractivity contribution in [2.24, 2.45) is 0 Å². The summed E-state index contributed by atoms with van der Waals surface area (Å²) in [4.78, 5) is 11.5. The SMILES string of the molecule is O=C1NCOCC(Cc2ccc(OCC(O)c3ccccc3F)cc2)S1. The van der Waals surface area contributed by atoms with E-state index in [0.29, 0.717) is 18.8 Å². The summed E-state index contributed by atoms with van der Waals surface area (Å²) < 4.78 is 24.5. The second kappa shape index (κ2) is 9.02. The van der Waals surface area contributed by atoms with Crippen LogP contribution in [0.1, 0.15) is 17.2 Å². The molecule has 138 valence electrons. The molecule has 5 nitrogen and oxygen atoms in total. The normalized spacial score (nSPS) is 18.7. The molecule has 1 heterocycles. The number of benzene rings is 2. The van der Waals surface area contributed by atoms with Crippen LogP contribution in [0.3, 0.4) is 0 Å². The van der Waals surface area contributed by atoms with Gasteiger partial charge in [0.2, 0.25) is 0 Å². The van der Waals surface area contributed by atoms with E-state index in [1.165, 1.54) is 23.9 Å². The van der Waals surface area contributed by atoms with E-state index in [4.69, 9.17) is 9.47 Å². The van der Waals surface area contributed by atoms with Gasteiger partial charge in [0.15, 0.2) is 0 Å². The summed E-state index contributed by atoms with van der Waals surface area (Å²) in [6.45, 7) is 0.725. The lowest BCUT2D eigenvalue weighted by Crippen LogP contribution is -2.18. The smallest absolute Gasteiger partial charge is 0.281 e. The molecule has 1 fully saturated rings. The Labute approximate surface area is 155 Å². The fourth-order valence-electron chi connectivity index (χ4n) is 2.62. The monoisotopic (exact) mass is 377 g/mol. The third-order valence-electron chi connectivity index (χ3n) is 3.95. The second-order valence-electron chi connectivity index (χ2n) is 5.92. The minimum Gasteiger partial charge on any atom is -0.491 e. The van der Waals surface area contributed by atoms with Crippen molar-refractivity contribution >= 4 is 17.0 Å². The first-order chi connectivity index (χ1) is 12.6. The molecule has 1 aliphatic heterocycles. The molecule has 0 spiro atoms. The summed E-state index contributed by atoms with van der Waals surface area (Å²) in [7, 11) is 0. The van der Waals surface area contributed by atoms with E-state index in [1.807, 2.05) is 12.1 Å². The highest BCUT2D eigenvalue weighted by atomic mass is 32.2. The number of nitrogens with one attached hydrogen (secondary N) is 1. The van der Waals surface area contributed by atoms with Crippen molar-refractivity contribution < 1.29 is 23.8 Å². The molecule has 1 saturated heterocycles. The highest BCUT2D eigenvalue weighted by Gasteiger charge is 2.19. The Morgan fingerprint density at radius 1 is 1.27 bits per heavy atom. The maximum absolute atomic E-state index is 13.6. The van der Waals surface area contributed by atoms with Crippen LogP contribution in [0.2, 0.25) is 0 Å². The van der Waals surface area contributed by atoms with E-state index in [9.17, 15) is 14.3 Å². The van der Waals surface area contributed by atoms with Gasteiger partial charge in [-0.15, -0.1) is 0 Å². The lowest BCUT2D eigenvalue weighted by Gasteiger charge is -2.14. The van der Waals surface area contributed by atoms with Gasteiger partial charge in [0.1, 0.15) is 31.0 Å². The number of carbonyl (C=O) groups excluding carboxylic acids is 1. The maximum Gasteiger partial charge on any atom is 0.281 e. The molecule has 26 heavy (non-hydrogen) atoms. The summed E-state index contributed by atoms with van der Waals surface area (Å²) in [5, 5.41) is 12.7. The first kappa shape index (κ1) is 18.7. The van der Waals surface area contributed by atoms with Gasteiger partial charge in [-0.1, -0.05) is 42.1 Å². The number of carbonyl (C=O) groups is 1. The van der Waals surface area contributed by atoms with Crippen LogP contribution >= 0.6 is 11.8 Å². The molecule has 0 aromatic heterocycles. The number of hydrogen-bond acceptors (Lipinski definition) is 5. The van der Waals surface area contributed by atoms with Crippen molar-refractivity contribution in [3.63, 3.8) is 0 Å². The molecular formula is C19H20FNO4S. The van der Waals surface area contributed by atoms with Gasteiger partial charge in [-0.05, 0) is 30.2 Å². The standard InChI is InChI=1S/C19H20FNO4S/c20-17-4-2-1-3-16(17)18(22)11-25-14-7-5-13(6-8-14)9-15-10-24-12-21-19(23)26-15/h1-8,15,18,22H,9-12H2,(H,21,23). The highest BCUT2D eigenvalue weighted by Crippen LogP contribution is 2.22. The van der Waals surface area contributed by atoms with E-state index in [0.717, 1.165) is 5.56 Å². The Morgan fingerprint density at radius 2 is 2.04 bits per heavy atom. The van der Waals surface area contributed by atoms with Crippen molar-refractivity contribution in [1.29, 1.82) is 0 Å². The predicted octanol–water partition coefficient (Wildman–Crippen LogP) is 3.28. The van der Waals surface area contributed by atoms with Gasteiger partial charge in [-0.3, -0.25) is 4.79 Å². The van der Waals surface area contributed by atoms with Crippen LogP contribution in [0.4, 0.5) is 9.18 Å². The Morgan fingerprint density at radius 3 is 2.81 bits per heavy atom. The average Bonchev–Trinajstić information content (AvgIpc) is 2.85. The summed E-state index contributed by atoms with van der Waals surface area (Å²) in [5.74, 6) is 0.137. The van der Waals surface area contributed by atoms with E-state index in [-0.39, 0.29) is 29.4 Å². The Balaban J connectivity index is 1.53. The number of amides is 1. The zero-order valence-corrected chi connectivity index (χ0v) is 14.9. The van der Waals surface area contributed by atoms with Crippen LogP contribution in [0.5, 0.6) is 5.75 Å². The van der Waals surface area contributed by atoms with Crippen LogP contribution in [0.25, 0.3) is 0 Å². The minimum atomic E-state index is -1.03. The number of rotatable bonds is 6. The average molecular weight is 377 g/mol. The summed E-state index contributed by atoms with van der Waals surface area (Å²) in [5.41, 5.74) is 1.27. The Hall–Kier alpha value is -2.09. The molecule has 1 aliphatic rings. The zero-order chi connectivity index (χ0) is 18.4. The van der Waals surface area contributed by atoms with Crippen LogP contribution in [0.15, 0.2) is 48.5 Å². The third kappa shape index (κ3) is 5.20. The summed E-state index contributed by atoms with van der Waals surface area (Å²) in [6.07, 6.45) is -0.329. The molecule has 0 saturated carbocycles. The zero-order valence-electron chi connectivity index (χ0n) is 14.1. The van der Waals surface area contributed by atoms with E-state index in [2.05, 4.69) is 5.32 Å². The van der Waals surface area contributed by atoms with Gasteiger partial charge >= 0.3 is 0 Å². The number of ether oxygens (including phenoxy) is 2. The molecule has 1 amide bonds. The van der Waals surface area contributed by atoms with E-state index in [1.54, 1.807) is 24.3 Å². The lowest BCUT2D eigenvalue weighted by molar-refractivity contribution is 0.105. The predicted molar refractivity (Wildman–Crippen MR) is 97.7 cm³/mol. The molecule has 2 aromatic carbocycles. The fraction of sp³-hybridized carbons (Fsp3) is 0.316. The van der Waals surface area contributed by atoms with Gasteiger partial charge in [-0.2, -0.15) is 0 Å². The molecule has 3 rings (SSSR count). The highest BCUT2D eigenvalue weighted by molar-refractivity contribution is 8.14. The quantitative estimate of drug-likeness (QED) is 0.809. The number of aliphatic hydroxyl groups is 1. The van der Waals surface area contributed by atoms with Crippen molar-refractivity contribution in [1.82, 2.24) is 5.32 Å². The third-order valence-corrected chi connectivity index (χ3v) is 4.95. The van der Waals surface area contributed by atoms with E-state index >= 15 is 0 Å². The van der Waals surface area contributed by atoms with Crippen molar-refractivity contribution in [2.75, 3.05) is 19.9 Å². The summed E-state index contributed by atoms with van der Waals surface area (Å²) in [6, 6.07) is 13.5. The maximum atomic E-state index is 13.6. The topological polar surface area (TPSA) is 67.8 Å². The molecular weight excluding hydrogens is 357 g/mol. The van der Waals surface area contributed by atoms with Crippen molar-refractivity contribution in [3.05, 3.63) is 65.5 Å². The molecule has 0 bridgehead atoms. The first-order valence-electron chi connectivity index (χ1n) is 8.28. The number of halogens is 1. The summed E-state index contributed by atoms with van der Waals surface area (Å²) >= 11 is 1.24. The van der Waals surface area contributed by atoms with Crippen molar-refractivity contribution in [3.8, 4) is 5.75 Å². The molecule has 2 N–H and O–H groups in total. The molecule has 2 unspecified atom stereocenters. The van der Waals surface area contributed by atoms with Gasteiger partial charge in [0.25, 0.3) is 5.24 Å². The van der Waals surface area contributed by atoms with Crippen LogP contribution in [0, 0.1) is 5.82 Å². The van der Waals surface area contributed by atoms with E-state index < -0.39 is 11.9 Å². The van der Waals surface area contributed by atoms with Crippen molar-refractivity contribution in [2.45, 2.75) is 17.8 Å². The molecule has 2 atom stereocenters. The van der Waals surface area contributed by atoms with Gasteiger partial charge in [0.05, 0.1) is 6.61 Å². The number of hydrogen-bond donors (Lipinski definition) is 2. The molecule has 0 aliphatic carbocycles. The number of thioether (sulfide) groups is 1. The fourth-order valence-corrected chi connectivity index (χ4v) is 3.51. The number of aliphatic hydroxyl groups excluding tert-OH is 1. The van der Waals surface area contributed by atoms with Crippen LogP contribution < -0.4 is 10.1 Å². The van der Waals surface area contributed by atoms with Gasteiger partial charge < -0.3 is 19.9 Å². The Bertz CT molecular complexity index is 741. The largest absolute Gasteiger partial charge is 0.491 e. The first-order valence-corrected chi connectivity index (χ1v) is 9.16. The minimum absolute atomic E-state index is 0.0350. The van der Waals surface area contributed by atoms with Gasteiger partial charge in [-0.25, -0.2) is 4.39 Å². The second-order valence-corrected chi connectivity index (χ2v) is 7.19.